The highest BCUT2D eigenvalue weighted by atomic mass is 32.2. The highest BCUT2D eigenvalue weighted by Crippen LogP contribution is 2.55. The summed E-state index contributed by atoms with van der Waals surface area (Å²) in [6.45, 7) is 1.14. The highest BCUT2D eigenvalue weighted by molar-refractivity contribution is 8.29. The van der Waals surface area contributed by atoms with Crippen molar-refractivity contribution in [3.8, 4) is 5.69 Å². The quantitative estimate of drug-likeness (QED) is 0.530. The second-order valence-corrected chi connectivity index (χ2v) is 12.3. The number of aliphatic hydroxyl groups excluding tert-OH is 1. The Morgan fingerprint density at radius 2 is 1.88 bits per heavy atom. The van der Waals surface area contributed by atoms with Crippen LogP contribution < -0.4 is 0 Å². The summed E-state index contributed by atoms with van der Waals surface area (Å²) >= 11 is -1.12. The third kappa shape index (κ3) is 3.29. The van der Waals surface area contributed by atoms with Gasteiger partial charge in [-0.2, -0.15) is 4.31 Å². The average Bonchev–Trinajstić information content (AvgIpc) is 3.25. The Balaban J connectivity index is 1.25. The lowest BCUT2D eigenvalue weighted by Crippen LogP contribution is -2.27. The molecule has 6 rings (SSSR count). The second-order valence-electron chi connectivity index (χ2n) is 8.25. The standard InChI is InChI=1S/C20H23N7O3S2/c28-20(31-19(14-3-4-14)22-18-11-21-13-27(18)31)17-12-26(24-23-17)15-5-7-16(8-6-15)32(29,30)25-9-1-2-10-25/h5-8,11-14,20,28,31H,1-4,9-10H2. The van der Waals surface area contributed by atoms with Crippen LogP contribution in [-0.4, -0.2) is 59.9 Å². The topological polar surface area (TPSA) is 118 Å². The summed E-state index contributed by atoms with van der Waals surface area (Å²) < 4.78 is 30.5. The minimum atomic E-state index is -3.46. The van der Waals surface area contributed by atoms with Gasteiger partial charge >= 0.3 is 0 Å². The van der Waals surface area contributed by atoms with Gasteiger partial charge in [0, 0.05) is 19.0 Å². The normalized spacial score (nSPS) is 23.3. The number of imidazole rings is 1. The Morgan fingerprint density at radius 3 is 2.59 bits per heavy atom. The molecule has 1 saturated heterocycles. The Bertz CT molecular complexity index is 1290. The lowest BCUT2D eigenvalue weighted by Gasteiger charge is -2.24. The Hall–Kier alpha value is -2.54. The fourth-order valence-electron chi connectivity index (χ4n) is 4.16. The van der Waals surface area contributed by atoms with Gasteiger partial charge in [-0.15, -0.1) is 5.10 Å². The van der Waals surface area contributed by atoms with E-state index in [0.29, 0.717) is 30.4 Å². The van der Waals surface area contributed by atoms with E-state index in [1.54, 1.807) is 47.7 Å². The lowest BCUT2D eigenvalue weighted by atomic mass is 10.3. The van der Waals surface area contributed by atoms with Crippen molar-refractivity contribution in [1.29, 1.82) is 0 Å². The summed E-state index contributed by atoms with van der Waals surface area (Å²) in [5, 5.41) is 20.6. The van der Waals surface area contributed by atoms with Gasteiger partial charge in [0.1, 0.15) is 17.5 Å². The number of benzene rings is 1. The number of sulfonamides is 1. The van der Waals surface area contributed by atoms with Crippen molar-refractivity contribution in [2.24, 2.45) is 10.9 Å². The maximum atomic E-state index is 12.7. The molecule has 1 aliphatic carbocycles. The number of aromatic nitrogens is 5. The smallest absolute Gasteiger partial charge is 0.243 e. The molecule has 2 atom stereocenters. The van der Waals surface area contributed by atoms with Gasteiger partial charge in [-0.3, -0.25) is 3.97 Å². The van der Waals surface area contributed by atoms with E-state index in [-0.39, 0.29) is 4.90 Å². The van der Waals surface area contributed by atoms with E-state index < -0.39 is 26.5 Å². The van der Waals surface area contributed by atoms with E-state index in [9.17, 15) is 13.5 Å². The van der Waals surface area contributed by atoms with Gasteiger partial charge in [-0.25, -0.2) is 23.1 Å². The zero-order valence-corrected chi connectivity index (χ0v) is 18.9. The van der Waals surface area contributed by atoms with Gasteiger partial charge in [0.15, 0.2) is 5.82 Å². The molecule has 10 nitrogen and oxygen atoms in total. The monoisotopic (exact) mass is 473 g/mol. The van der Waals surface area contributed by atoms with Crippen LogP contribution >= 0.6 is 11.1 Å². The van der Waals surface area contributed by atoms with E-state index in [4.69, 9.17) is 4.99 Å². The molecule has 2 unspecified atom stereocenters. The van der Waals surface area contributed by atoms with E-state index in [2.05, 4.69) is 15.3 Å². The average molecular weight is 474 g/mol. The minimum absolute atomic E-state index is 0.274. The zero-order chi connectivity index (χ0) is 21.9. The van der Waals surface area contributed by atoms with Gasteiger partial charge in [0.05, 0.1) is 28.0 Å². The molecule has 1 N–H and O–H groups in total. The number of thiol groups is 1. The van der Waals surface area contributed by atoms with Crippen LogP contribution in [0.1, 0.15) is 36.8 Å². The molecule has 0 bridgehead atoms. The molecule has 3 aliphatic rings. The van der Waals surface area contributed by atoms with Crippen LogP contribution in [0.3, 0.4) is 0 Å². The van der Waals surface area contributed by atoms with Crippen LogP contribution in [0.25, 0.3) is 5.69 Å². The van der Waals surface area contributed by atoms with Crippen molar-refractivity contribution < 1.29 is 13.5 Å². The molecule has 4 heterocycles. The van der Waals surface area contributed by atoms with Gasteiger partial charge in [-0.05, 0) is 49.9 Å². The molecule has 3 aromatic rings. The van der Waals surface area contributed by atoms with E-state index in [1.165, 1.54) is 4.31 Å². The molecule has 32 heavy (non-hydrogen) atoms. The highest BCUT2D eigenvalue weighted by Gasteiger charge is 2.40. The molecule has 1 aromatic carbocycles. The van der Waals surface area contributed by atoms with Crippen molar-refractivity contribution in [2.75, 3.05) is 13.1 Å². The van der Waals surface area contributed by atoms with Crippen molar-refractivity contribution in [3.05, 3.63) is 48.7 Å². The van der Waals surface area contributed by atoms with Gasteiger partial charge in [-0.1, -0.05) is 16.3 Å². The summed E-state index contributed by atoms with van der Waals surface area (Å²) in [7, 11) is -3.46. The van der Waals surface area contributed by atoms with Gasteiger partial charge in [0.2, 0.25) is 10.0 Å². The number of hydrogen-bond acceptors (Lipinski definition) is 7. The van der Waals surface area contributed by atoms with Crippen LogP contribution in [0.15, 0.2) is 52.9 Å². The predicted molar refractivity (Wildman–Crippen MR) is 121 cm³/mol. The minimum Gasteiger partial charge on any atom is -0.376 e. The molecule has 0 radical (unpaired) electrons. The molecule has 2 fully saturated rings. The summed E-state index contributed by atoms with van der Waals surface area (Å²) in [6.07, 6.45) is 9.12. The molecule has 2 aliphatic heterocycles. The van der Waals surface area contributed by atoms with Crippen LogP contribution in [-0.2, 0) is 10.0 Å². The van der Waals surface area contributed by atoms with Gasteiger partial charge in [0.25, 0.3) is 0 Å². The number of fused-ring (bicyclic) bond motifs is 1. The lowest BCUT2D eigenvalue weighted by molar-refractivity contribution is 0.263. The first-order valence-electron chi connectivity index (χ1n) is 10.6. The van der Waals surface area contributed by atoms with Crippen LogP contribution in [0.2, 0.25) is 0 Å². The molecule has 2 aromatic heterocycles. The van der Waals surface area contributed by atoms with E-state index in [0.717, 1.165) is 36.5 Å². The molecule has 12 heteroatoms. The van der Waals surface area contributed by atoms with Crippen molar-refractivity contribution >= 4 is 32.0 Å². The molecular weight excluding hydrogens is 450 g/mol. The molecular formula is C20H23N7O3S2. The Kier molecular flexibility index (Phi) is 4.72. The Morgan fingerprint density at radius 1 is 1.12 bits per heavy atom. The molecule has 1 saturated carbocycles. The van der Waals surface area contributed by atoms with E-state index in [1.807, 2.05) is 3.97 Å². The van der Waals surface area contributed by atoms with Crippen molar-refractivity contribution in [1.82, 2.24) is 28.3 Å². The predicted octanol–water partition coefficient (Wildman–Crippen LogP) is 2.16. The van der Waals surface area contributed by atoms with Gasteiger partial charge < -0.3 is 5.11 Å². The number of rotatable bonds is 6. The second kappa shape index (κ2) is 7.51. The first-order chi connectivity index (χ1) is 15.5. The number of hydrogen-bond donors (Lipinski definition) is 2. The largest absolute Gasteiger partial charge is 0.376 e. The molecule has 168 valence electrons. The third-order valence-electron chi connectivity index (χ3n) is 6.05. The summed E-state index contributed by atoms with van der Waals surface area (Å²) in [5.74, 6) is 1.20. The fourth-order valence-corrected chi connectivity index (χ4v) is 8.08. The number of nitrogens with zero attached hydrogens (tertiary/aromatic N) is 7. The number of aliphatic imine (C=N–C) groups is 1. The van der Waals surface area contributed by atoms with E-state index >= 15 is 0 Å². The first kappa shape index (κ1) is 20.1. The van der Waals surface area contributed by atoms with Crippen LogP contribution in [0.4, 0.5) is 5.82 Å². The SMILES string of the molecule is O=S(=O)(c1ccc(-n2cc(C(O)[SH]3C(C4CC4)=Nc4cncn43)nn2)cc1)N1CCCC1. The fraction of sp³-hybridized carbons (Fsp3) is 0.400. The maximum absolute atomic E-state index is 12.7. The summed E-state index contributed by atoms with van der Waals surface area (Å²) in [4.78, 5) is 9.14. The zero-order valence-electron chi connectivity index (χ0n) is 17.2. The molecule has 0 amide bonds. The first-order valence-corrected chi connectivity index (χ1v) is 13.4. The Labute approximate surface area is 188 Å². The third-order valence-corrected chi connectivity index (χ3v) is 10.4. The maximum Gasteiger partial charge on any atom is 0.243 e. The van der Waals surface area contributed by atoms with Crippen molar-refractivity contribution in [2.45, 2.75) is 36.0 Å². The number of aliphatic hydroxyl groups is 1. The molecule has 0 spiro atoms. The van der Waals surface area contributed by atoms with Crippen LogP contribution in [0.5, 0.6) is 0 Å². The van der Waals surface area contributed by atoms with Crippen molar-refractivity contribution in [3.63, 3.8) is 0 Å². The summed E-state index contributed by atoms with van der Waals surface area (Å²) in [5.41, 5.74) is 0.290. The van der Waals surface area contributed by atoms with Crippen LogP contribution in [0, 0.1) is 5.92 Å². The summed E-state index contributed by atoms with van der Waals surface area (Å²) in [6, 6.07) is 6.61.